The average Bonchev–Trinajstić information content (AvgIpc) is 2.90. The lowest BCUT2D eigenvalue weighted by atomic mass is 10.1. The Balaban J connectivity index is 1.34. The Morgan fingerprint density at radius 2 is 1.85 bits per heavy atom. The largest absolute Gasteiger partial charge is 0.382 e. The summed E-state index contributed by atoms with van der Waals surface area (Å²) in [4.78, 5) is 24.8. The number of anilines is 2. The summed E-state index contributed by atoms with van der Waals surface area (Å²) >= 11 is 1.84. The molecule has 1 fully saturated rings. The van der Waals surface area contributed by atoms with Crippen LogP contribution in [0.1, 0.15) is 23.7 Å². The predicted octanol–water partition coefficient (Wildman–Crippen LogP) is 4.45. The van der Waals surface area contributed by atoms with E-state index in [0.29, 0.717) is 11.5 Å². The quantitative estimate of drug-likeness (QED) is 0.330. The number of amides is 1. The van der Waals surface area contributed by atoms with Crippen molar-refractivity contribution in [1.29, 1.82) is 0 Å². The van der Waals surface area contributed by atoms with Gasteiger partial charge in [-0.05, 0) is 55.8 Å². The highest BCUT2D eigenvalue weighted by Gasteiger charge is 2.17. The van der Waals surface area contributed by atoms with Crippen LogP contribution in [0, 0.1) is 0 Å². The summed E-state index contributed by atoms with van der Waals surface area (Å²) in [6.45, 7) is 6.78. The molecule has 1 aromatic heterocycles. The molecule has 0 radical (unpaired) electrons. The SMILES string of the molecule is CCOCCCSc1ccc(-c2ccnc(Nc3ccc(C(=O)N4CCNCC4)cc3)n2)cc1. The molecule has 2 heterocycles. The predicted molar refractivity (Wildman–Crippen MR) is 138 cm³/mol. The molecule has 8 heteroatoms. The maximum atomic E-state index is 12.6. The Labute approximate surface area is 205 Å². The van der Waals surface area contributed by atoms with Crippen LogP contribution in [0.4, 0.5) is 11.6 Å². The van der Waals surface area contributed by atoms with Gasteiger partial charge in [-0.3, -0.25) is 4.79 Å². The second-order valence-corrected chi connectivity index (χ2v) is 9.10. The summed E-state index contributed by atoms with van der Waals surface area (Å²) in [6.07, 6.45) is 2.80. The number of thioether (sulfide) groups is 1. The normalized spacial score (nSPS) is 13.6. The number of hydrogen-bond acceptors (Lipinski definition) is 7. The number of hydrogen-bond donors (Lipinski definition) is 2. The molecule has 0 atom stereocenters. The number of benzene rings is 2. The Hall–Kier alpha value is -2.94. The smallest absolute Gasteiger partial charge is 0.253 e. The molecule has 1 saturated heterocycles. The van der Waals surface area contributed by atoms with E-state index in [2.05, 4.69) is 44.9 Å². The van der Waals surface area contributed by atoms with E-state index in [1.165, 1.54) is 4.90 Å². The third-order valence-electron chi connectivity index (χ3n) is 5.50. The number of piperazine rings is 1. The van der Waals surface area contributed by atoms with Crippen molar-refractivity contribution in [1.82, 2.24) is 20.2 Å². The first-order valence-corrected chi connectivity index (χ1v) is 12.7. The Kier molecular flexibility index (Phi) is 8.90. The van der Waals surface area contributed by atoms with Crippen LogP contribution in [-0.4, -0.2) is 65.9 Å². The lowest BCUT2D eigenvalue weighted by molar-refractivity contribution is 0.0736. The van der Waals surface area contributed by atoms with Gasteiger partial charge in [-0.1, -0.05) is 12.1 Å². The van der Waals surface area contributed by atoms with Crippen LogP contribution in [0.5, 0.6) is 0 Å². The second kappa shape index (κ2) is 12.5. The van der Waals surface area contributed by atoms with Crippen LogP contribution in [0.15, 0.2) is 65.7 Å². The van der Waals surface area contributed by atoms with Crippen molar-refractivity contribution >= 4 is 29.3 Å². The fourth-order valence-corrected chi connectivity index (χ4v) is 4.50. The molecule has 0 spiro atoms. The van der Waals surface area contributed by atoms with E-state index in [1.807, 2.05) is 53.9 Å². The van der Waals surface area contributed by atoms with E-state index in [9.17, 15) is 4.79 Å². The zero-order valence-corrected chi connectivity index (χ0v) is 20.3. The first-order valence-electron chi connectivity index (χ1n) is 11.7. The molecule has 34 heavy (non-hydrogen) atoms. The van der Waals surface area contributed by atoms with Gasteiger partial charge in [0.1, 0.15) is 0 Å². The minimum atomic E-state index is 0.0715. The number of rotatable bonds is 10. The minimum Gasteiger partial charge on any atom is -0.382 e. The summed E-state index contributed by atoms with van der Waals surface area (Å²) in [5.41, 5.74) is 3.43. The highest BCUT2D eigenvalue weighted by molar-refractivity contribution is 7.99. The van der Waals surface area contributed by atoms with Gasteiger partial charge in [0.15, 0.2) is 0 Å². The number of ether oxygens (including phenoxy) is 1. The molecule has 178 valence electrons. The summed E-state index contributed by atoms with van der Waals surface area (Å²) in [5, 5.41) is 6.51. The summed E-state index contributed by atoms with van der Waals surface area (Å²) in [6, 6.07) is 17.8. The van der Waals surface area contributed by atoms with Crippen LogP contribution < -0.4 is 10.6 Å². The number of aromatic nitrogens is 2. The third-order valence-corrected chi connectivity index (χ3v) is 6.60. The molecule has 3 aromatic rings. The standard InChI is InChI=1S/C26H31N5O2S/c1-2-33-18-3-19-34-23-10-6-20(7-11-23)24-12-13-28-26(30-24)29-22-8-4-21(5-9-22)25(32)31-16-14-27-15-17-31/h4-13,27H,2-3,14-19H2,1H3,(H,28,29,30). The highest BCUT2D eigenvalue weighted by atomic mass is 32.2. The van der Waals surface area contributed by atoms with E-state index in [1.54, 1.807) is 6.20 Å². The fraction of sp³-hybridized carbons (Fsp3) is 0.346. The van der Waals surface area contributed by atoms with Crippen LogP contribution >= 0.6 is 11.8 Å². The number of carbonyl (C=O) groups is 1. The molecule has 0 bridgehead atoms. The van der Waals surface area contributed by atoms with Gasteiger partial charge >= 0.3 is 0 Å². The molecule has 4 rings (SSSR count). The molecular weight excluding hydrogens is 446 g/mol. The van der Waals surface area contributed by atoms with E-state index in [-0.39, 0.29) is 5.91 Å². The summed E-state index contributed by atoms with van der Waals surface area (Å²) in [7, 11) is 0. The number of nitrogens with one attached hydrogen (secondary N) is 2. The van der Waals surface area contributed by atoms with Gasteiger partial charge in [-0.25, -0.2) is 9.97 Å². The summed E-state index contributed by atoms with van der Waals surface area (Å²) in [5.74, 6) is 1.64. The van der Waals surface area contributed by atoms with Crippen molar-refractivity contribution in [3.63, 3.8) is 0 Å². The zero-order valence-electron chi connectivity index (χ0n) is 19.5. The van der Waals surface area contributed by atoms with Crippen molar-refractivity contribution in [2.45, 2.75) is 18.2 Å². The molecule has 1 aliphatic heterocycles. The molecule has 2 N–H and O–H groups in total. The van der Waals surface area contributed by atoms with Crippen LogP contribution in [0.3, 0.4) is 0 Å². The number of nitrogens with zero attached hydrogens (tertiary/aromatic N) is 3. The molecule has 0 aliphatic carbocycles. The number of carbonyl (C=O) groups excluding carboxylic acids is 1. The highest BCUT2D eigenvalue weighted by Crippen LogP contribution is 2.24. The van der Waals surface area contributed by atoms with Crippen LogP contribution in [0.2, 0.25) is 0 Å². The van der Waals surface area contributed by atoms with E-state index < -0.39 is 0 Å². The first kappa shape index (κ1) is 24.2. The third kappa shape index (κ3) is 6.79. The maximum Gasteiger partial charge on any atom is 0.253 e. The van der Waals surface area contributed by atoms with Gasteiger partial charge in [0.2, 0.25) is 5.95 Å². The first-order chi connectivity index (χ1) is 16.7. The fourth-order valence-electron chi connectivity index (χ4n) is 3.67. The lowest BCUT2D eigenvalue weighted by Gasteiger charge is -2.27. The van der Waals surface area contributed by atoms with Crippen molar-refractivity contribution in [3.05, 3.63) is 66.4 Å². The topological polar surface area (TPSA) is 79.4 Å². The van der Waals surface area contributed by atoms with Crippen LogP contribution in [0.25, 0.3) is 11.3 Å². The Bertz CT molecular complexity index is 1050. The Morgan fingerprint density at radius 1 is 1.09 bits per heavy atom. The molecule has 7 nitrogen and oxygen atoms in total. The second-order valence-electron chi connectivity index (χ2n) is 7.93. The van der Waals surface area contributed by atoms with Gasteiger partial charge in [0, 0.05) is 73.1 Å². The van der Waals surface area contributed by atoms with Gasteiger partial charge < -0.3 is 20.3 Å². The van der Waals surface area contributed by atoms with Gasteiger partial charge in [0.05, 0.1) is 5.69 Å². The van der Waals surface area contributed by atoms with Crippen molar-refractivity contribution < 1.29 is 9.53 Å². The molecule has 2 aromatic carbocycles. The van der Waals surface area contributed by atoms with Gasteiger partial charge in [0.25, 0.3) is 5.91 Å². The average molecular weight is 478 g/mol. The maximum absolute atomic E-state index is 12.6. The van der Waals surface area contributed by atoms with E-state index in [4.69, 9.17) is 4.74 Å². The van der Waals surface area contributed by atoms with Crippen molar-refractivity contribution in [2.24, 2.45) is 0 Å². The lowest BCUT2D eigenvalue weighted by Crippen LogP contribution is -2.46. The summed E-state index contributed by atoms with van der Waals surface area (Å²) < 4.78 is 5.39. The Morgan fingerprint density at radius 3 is 2.59 bits per heavy atom. The van der Waals surface area contributed by atoms with Crippen molar-refractivity contribution in [3.8, 4) is 11.3 Å². The monoisotopic (exact) mass is 477 g/mol. The molecule has 0 saturated carbocycles. The van der Waals surface area contributed by atoms with E-state index >= 15 is 0 Å². The van der Waals surface area contributed by atoms with Crippen molar-refractivity contribution in [2.75, 3.05) is 50.5 Å². The van der Waals surface area contributed by atoms with Crippen LogP contribution in [-0.2, 0) is 4.74 Å². The van der Waals surface area contributed by atoms with Gasteiger partial charge in [-0.15, -0.1) is 11.8 Å². The van der Waals surface area contributed by atoms with Gasteiger partial charge in [-0.2, -0.15) is 0 Å². The molecule has 1 amide bonds. The minimum absolute atomic E-state index is 0.0715. The molecule has 0 unspecified atom stereocenters. The zero-order chi connectivity index (χ0) is 23.6. The molecular formula is C26H31N5O2S. The van der Waals surface area contributed by atoms with E-state index in [0.717, 1.165) is 68.5 Å². The molecule has 1 aliphatic rings.